The molecule has 0 unspecified atom stereocenters. The number of aliphatic carboxylic acids is 1. The highest BCUT2D eigenvalue weighted by atomic mass is 35.5. The molecule has 1 heterocycles. The van der Waals surface area contributed by atoms with Gasteiger partial charge in [0.1, 0.15) is 18.9 Å². The van der Waals surface area contributed by atoms with Crippen molar-refractivity contribution in [3.63, 3.8) is 0 Å². The van der Waals surface area contributed by atoms with Gasteiger partial charge in [-0.3, -0.25) is 28.9 Å². The lowest BCUT2D eigenvalue weighted by Crippen LogP contribution is -2.54. The molecule has 0 bridgehead atoms. The van der Waals surface area contributed by atoms with Crippen molar-refractivity contribution >= 4 is 70.5 Å². The second kappa shape index (κ2) is 13.8. The zero-order chi connectivity index (χ0) is 28.9. The number of para-hydroxylation sites is 2. The SMILES string of the molecule is C.COc1c(Cl)cc(C(=O)N[C@H]2CN(C(C)=O)c3ccccc3N(CC(=O)N[C@H](C=O)CC(=O)O)C2=O)cc1Cl. The van der Waals surface area contributed by atoms with Crippen LogP contribution in [0, 0.1) is 0 Å². The van der Waals surface area contributed by atoms with Crippen molar-refractivity contribution in [1.29, 1.82) is 0 Å². The van der Waals surface area contributed by atoms with Crippen molar-refractivity contribution < 1.29 is 38.6 Å². The predicted molar refractivity (Wildman–Crippen MR) is 148 cm³/mol. The highest BCUT2D eigenvalue weighted by Gasteiger charge is 2.37. The minimum atomic E-state index is -1.32. The molecule has 0 spiro atoms. The number of hydrogen-bond acceptors (Lipinski definition) is 7. The Morgan fingerprint density at radius 1 is 1.15 bits per heavy atom. The molecule has 0 aromatic heterocycles. The van der Waals surface area contributed by atoms with Crippen LogP contribution >= 0.6 is 23.2 Å². The summed E-state index contributed by atoms with van der Waals surface area (Å²) in [6.07, 6.45) is -0.376. The number of fused-ring (bicyclic) bond motifs is 1. The van der Waals surface area contributed by atoms with E-state index in [2.05, 4.69) is 10.6 Å². The van der Waals surface area contributed by atoms with Crippen LogP contribution in [0.2, 0.25) is 10.0 Å². The quantitative estimate of drug-likeness (QED) is 0.372. The minimum Gasteiger partial charge on any atom is -0.494 e. The average Bonchev–Trinajstić information content (AvgIpc) is 2.98. The van der Waals surface area contributed by atoms with Crippen LogP contribution in [0.4, 0.5) is 11.4 Å². The van der Waals surface area contributed by atoms with E-state index in [1.54, 1.807) is 18.2 Å². The van der Waals surface area contributed by atoms with Crippen LogP contribution in [-0.2, 0) is 24.0 Å². The standard InChI is InChI=1S/C25H24Cl2N4O8.CH4/c1-13(33)30-10-18(29-24(37)14-7-16(26)23(39-2)17(27)8-14)25(38)31(20-6-4-3-5-19(20)30)11-21(34)28-15(12-32)9-22(35)36;/h3-8,12,15,18H,9-11H2,1-2H3,(H,28,34)(H,29,37)(H,35,36);1H4/t15-,18-;/m0./s1. The summed E-state index contributed by atoms with van der Waals surface area (Å²) in [5.41, 5.74) is 0.512. The first-order valence-electron chi connectivity index (χ1n) is 11.5. The summed E-state index contributed by atoms with van der Waals surface area (Å²) in [4.78, 5) is 76.7. The lowest BCUT2D eigenvalue weighted by Gasteiger charge is -2.25. The number of carbonyl (C=O) groups is 6. The number of benzene rings is 2. The van der Waals surface area contributed by atoms with Crippen LogP contribution in [0.15, 0.2) is 36.4 Å². The number of carboxylic acids is 1. The third-order valence-corrected chi connectivity index (χ3v) is 6.31. The van der Waals surface area contributed by atoms with E-state index in [4.69, 9.17) is 33.0 Å². The van der Waals surface area contributed by atoms with Gasteiger partial charge in [0.05, 0.1) is 47.5 Å². The Morgan fingerprint density at radius 2 is 1.75 bits per heavy atom. The molecule has 0 saturated heterocycles. The number of amides is 4. The van der Waals surface area contributed by atoms with Crippen LogP contribution in [-0.4, -0.2) is 73.3 Å². The van der Waals surface area contributed by atoms with E-state index in [1.165, 1.54) is 37.1 Å². The van der Waals surface area contributed by atoms with E-state index in [9.17, 15) is 28.8 Å². The maximum Gasteiger partial charge on any atom is 0.305 e. The summed E-state index contributed by atoms with van der Waals surface area (Å²) in [6.45, 7) is 0.396. The lowest BCUT2D eigenvalue weighted by molar-refractivity contribution is -0.139. The summed E-state index contributed by atoms with van der Waals surface area (Å²) >= 11 is 12.3. The molecule has 12 nitrogen and oxygen atoms in total. The zero-order valence-electron chi connectivity index (χ0n) is 20.8. The Bertz CT molecular complexity index is 1310. The minimum absolute atomic E-state index is 0. The maximum absolute atomic E-state index is 13.7. The van der Waals surface area contributed by atoms with Crippen molar-refractivity contribution in [2.24, 2.45) is 0 Å². The number of anilines is 2. The van der Waals surface area contributed by atoms with E-state index < -0.39 is 54.6 Å². The van der Waals surface area contributed by atoms with E-state index in [0.29, 0.717) is 5.69 Å². The van der Waals surface area contributed by atoms with Gasteiger partial charge < -0.3 is 30.2 Å². The molecule has 3 N–H and O–H groups in total. The number of halogens is 2. The Morgan fingerprint density at radius 3 is 2.27 bits per heavy atom. The van der Waals surface area contributed by atoms with Crippen molar-refractivity contribution in [2.45, 2.75) is 32.9 Å². The highest BCUT2D eigenvalue weighted by Crippen LogP contribution is 2.35. The molecule has 2 atom stereocenters. The van der Waals surface area contributed by atoms with E-state index in [1.807, 2.05) is 0 Å². The number of rotatable bonds is 9. The van der Waals surface area contributed by atoms with Crippen molar-refractivity contribution in [1.82, 2.24) is 10.6 Å². The van der Waals surface area contributed by atoms with Gasteiger partial charge in [0, 0.05) is 12.5 Å². The first-order chi connectivity index (χ1) is 18.5. The van der Waals surface area contributed by atoms with Gasteiger partial charge in [-0.25, -0.2) is 0 Å². The van der Waals surface area contributed by atoms with Gasteiger partial charge in [0.2, 0.25) is 11.8 Å². The third-order valence-electron chi connectivity index (χ3n) is 5.75. The topological polar surface area (TPSA) is 162 Å². The summed E-state index contributed by atoms with van der Waals surface area (Å²) in [7, 11) is 1.36. The second-order valence-electron chi connectivity index (χ2n) is 8.45. The molecule has 0 saturated carbocycles. The maximum atomic E-state index is 13.7. The van der Waals surface area contributed by atoms with Gasteiger partial charge in [-0.1, -0.05) is 42.8 Å². The normalized spacial score (nSPS) is 15.1. The molecular weight excluding hydrogens is 567 g/mol. The molecule has 2 aromatic rings. The first kappa shape index (κ1) is 32.1. The van der Waals surface area contributed by atoms with Crippen LogP contribution in [0.3, 0.4) is 0 Å². The van der Waals surface area contributed by atoms with Gasteiger partial charge in [-0.2, -0.15) is 0 Å². The zero-order valence-corrected chi connectivity index (χ0v) is 22.3. The number of carboxylic acid groups (broad SMARTS) is 1. The van der Waals surface area contributed by atoms with E-state index in [0.717, 1.165) is 4.90 Å². The van der Waals surface area contributed by atoms with Crippen molar-refractivity contribution in [3.05, 3.63) is 52.0 Å². The van der Waals surface area contributed by atoms with Crippen molar-refractivity contribution in [2.75, 3.05) is 30.0 Å². The second-order valence-corrected chi connectivity index (χ2v) is 9.26. The lowest BCUT2D eigenvalue weighted by atomic mass is 10.1. The molecular formula is C26H28Cl2N4O8. The summed E-state index contributed by atoms with van der Waals surface area (Å²) in [5.74, 6) is -3.87. The van der Waals surface area contributed by atoms with Gasteiger partial charge in [-0.05, 0) is 24.3 Å². The number of ether oxygens (including phenoxy) is 1. The molecule has 0 radical (unpaired) electrons. The molecule has 4 amide bonds. The van der Waals surface area contributed by atoms with Crippen molar-refractivity contribution in [3.8, 4) is 5.75 Å². The molecule has 0 fully saturated rings. The first-order valence-corrected chi connectivity index (χ1v) is 12.2. The molecule has 214 valence electrons. The smallest absolute Gasteiger partial charge is 0.305 e. The predicted octanol–water partition coefficient (Wildman–Crippen LogP) is 2.29. The molecule has 0 aliphatic carbocycles. The van der Waals surface area contributed by atoms with Crippen LogP contribution in [0.25, 0.3) is 0 Å². The summed E-state index contributed by atoms with van der Waals surface area (Å²) in [6, 6.07) is 6.27. The van der Waals surface area contributed by atoms with E-state index >= 15 is 0 Å². The van der Waals surface area contributed by atoms with Gasteiger partial charge >= 0.3 is 5.97 Å². The summed E-state index contributed by atoms with van der Waals surface area (Å²) in [5, 5.41) is 13.9. The molecule has 1 aliphatic heterocycles. The van der Waals surface area contributed by atoms with Gasteiger partial charge in [0.15, 0.2) is 5.75 Å². The van der Waals surface area contributed by atoms with Crippen LogP contribution in [0.1, 0.15) is 31.1 Å². The molecule has 2 aromatic carbocycles. The number of nitrogens with zero attached hydrogens (tertiary/aromatic N) is 2. The largest absolute Gasteiger partial charge is 0.494 e. The monoisotopic (exact) mass is 594 g/mol. The fraction of sp³-hybridized carbons (Fsp3) is 0.308. The molecule has 14 heteroatoms. The molecule has 40 heavy (non-hydrogen) atoms. The fourth-order valence-electron chi connectivity index (χ4n) is 4.00. The number of nitrogens with one attached hydrogen (secondary N) is 2. The van der Waals surface area contributed by atoms with Crippen LogP contribution in [0.5, 0.6) is 5.75 Å². The Kier molecular flexibility index (Phi) is 11.0. The Balaban J connectivity index is 0.00000560. The molecule has 3 rings (SSSR count). The highest BCUT2D eigenvalue weighted by molar-refractivity contribution is 6.37. The van der Waals surface area contributed by atoms with Gasteiger partial charge in [-0.15, -0.1) is 0 Å². The Labute approximate surface area is 240 Å². The number of carbonyl (C=O) groups excluding carboxylic acids is 5. The van der Waals surface area contributed by atoms with Gasteiger partial charge in [0.25, 0.3) is 11.8 Å². The van der Waals surface area contributed by atoms with Crippen LogP contribution < -0.4 is 25.2 Å². The Hall–Kier alpha value is -4.16. The number of methoxy groups -OCH3 is 1. The average molecular weight is 595 g/mol. The van der Waals surface area contributed by atoms with E-state index in [-0.39, 0.29) is 47.3 Å². The third kappa shape index (κ3) is 7.27. The fourth-order valence-corrected chi connectivity index (χ4v) is 4.64. The number of hydrogen-bond donors (Lipinski definition) is 3. The molecule has 1 aliphatic rings. The number of aldehydes is 1. The summed E-state index contributed by atoms with van der Waals surface area (Å²) < 4.78 is 5.09.